The van der Waals surface area contributed by atoms with Gasteiger partial charge in [0.15, 0.2) is 0 Å². The van der Waals surface area contributed by atoms with Crippen molar-refractivity contribution in [2.75, 3.05) is 13.2 Å². The summed E-state index contributed by atoms with van der Waals surface area (Å²) in [6.07, 6.45) is 2.44. The molecule has 0 aliphatic rings. The Bertz CT molecular complexity index is 333. The van der Waals surface area contributed by atoms with E-state index in [0.717, 1.165) is 31.2 Å². The molecule has 0 aliphatic heterocycles. The van der Waals surface area contributed by atoms with Gasteiger partial charge in [0.1, 0.15) is 18.1 Å². The molecule has 0 spiro atoms. The molecule has 1 aromatic heterocycles. The lowest BCUT2D eigenvalue weighted by atomic mass is 10.1. The van der Waals surface area contributed by atoms with Gasteiger partial charge in [-0.15, -0.1) is 0 Å². The number of hydrogen-bond acceptors (Lipinski definition) is 3. The minimum absolute atomic E-state index is 0.584. The monoisotopic (exact) mass is 253 g/mol. The topological polar surface area (TPSA) is 34.4 Å². The molecule has 0 saturated carbocycles. The molecule has 1 N–H and O–H groups in total. The lowest BCUT2D eigenvalue weighted by Gasteiger charge is -2.09. The summed E-state index contributed by atoms with van der Waals surface area (Å²) in [5.41, 5.74) is 1.23. The van der Waals surface area contributed by atoms with Crippen LogP contribution in [0.25, 0.3) is 0 Å². The van der Waals surface area contributed by atoms with Crippen molar-refractivity contribution in [2.24, 2.45) is 5.92 Å². The van der Waals surface area contributed by atoms with E-state index in [1.165, 1.54) is 18.4 Å². The van der Waals surface area contributed by atoms with E-state index in [1.54, 1.807) is 0 Å². The lowest BCUT2D eigenvalue weighted by Crippen LogP contribution is -2.11. The third kappa shape index (κ3) is 5.23. The second-order valence-electron chi connectivity index (χ2n) is 4.98. The highest BCUT2D eigenvalue weighted by Crippen LogP contribution is 2.16. The van der Waals surface area contributed by atoms with Gasteiger partial charge in [0.25, 0.3) is 0 Å². The molecule has 0 radical (unpaired) electrons. The molecule has 1 aromatic rings. The van der Waals surface area contributed by atoms with Crippen molar-refractivity contribution in [3.63, 3.8) is 0 Å². The number of aryl methyl sites for hydroxylation is 1. The average Bonchev–Trinajstić information content (AvgIpc) is 2.67. The van der Waals surface area contributed by atoms with E-state index >= 15 is 0 Å². The molecule has 0 fully saturated rings. The zero-order valence-corrected chi connectivity index (χ0v) is 12.2. The molecule has 104 valence electrons. The van der Waals surface area contributed by atoms with E-state index in [9.17, 15) is 0 Å². The molecule has 1 heterocycles. The van der Waals surface area contributed by atoms with Crippen molar-refractivity contribution in [3.05, 3.63) is 23.2 Å². The first-order chi connectivity index (χ1) is 8.67. The van der Waals surface area contributed by atoms with Gasteiger partial charge in [-0.1, -0.05) is 27.2 Å². The molecule has 0 aliphatic carbocycles. The van der Waals surface area contributed by atoms with Crippen LogP contribution < -0.4 is 5.32 Å². The summed E-state index contributed by atoms with van der Waals surface area (Å²) in [6, 6.07) is 2.10. The molecule has 1 unspecified atom stereocenters. The van der Waals surface area contributed by atoms with Gasteiger partial charge >= 0.3 is 0 Å². The smallest absolute Gasteiger partial charge is 0.130 e. The zero-order chi connectivity index (χ0) is 13.4. The van der Waals surface area contributed by atoms with Crippen molar-refractivity contribution in [3.8, 4) is 0 Å². The Balaban J connectivity index is 2.34. The second kappa shape index (κ2) is 8.33. The summed E-state index contributed by atoms with van der Waals surface area (Å²) < 4.78 is 11.4. The Kier molecular flexibility index (Phi) is 7.06. The maximum absolute atomic E-state index is 5.69. The largest absolute Gasteiger partial charge is 0.464 e. The quantitative estimate of drug-likeness (QED) is 0.729. The van der Waals surface area contributed by atoms with E-state index in [-0.39, 0.29) is 0 Å². The Morgan fingerprint density at radius 1 is 1.39 bits per heavy atom. The van der Waals surface area contributed by atoms with E-state index in [2.05, 4.69) is 32.2 Å². The molecule has 1 atom stereocenters. The lowest BCUT2D eigenvalue weighted by molar-refractivity contribution is 0.0771. The molecule has 18 heavy (non-hydrogen) atoms. The number of furan rings is 1. The number of ether oxygens (including phenoxy) is 1. The summed E-state index contributed by atoms with van der Waals surface area (Å²) in [7, 11) is 0. The van der Waals surface area contributed by atoms with E-state index in [4.69, 9.17) is 9.15 Å². The van der Waals surface area contributed by atoms with E-state index < -0.39 is 0 Å². The molecule has 0 bridgehead atoms. The first-order valence-corrected chi connectivity index (χ1v) is 7.04. The molecular weight excluding hydrogens is 226 g/mol. The highest BCUT2D eigenvalue weighted by Gasteiger charge is 2.08. The molecule has 0 amide bonds. The summed E-state index contributed by atoms with van der Waals surface area (Å²) in [4.78, 5) is 0. The Morgan fingerprint density at radius 2 is 2.17 bits per heavy atom. The van der Waals surface area contributed by atoms with Crippen LogP contribution in [0.4, 0.5) is 0 Å². The summed E-state index contributed by atoms with van der Waals surface area (Å²) in [6.45, 7) is 11.8. The summed E-state index contributed by atoms with van der Waals surface area (Å²) in [5, 5.41) is 3.31. The number of rotatable bonds is 9. The normalized spacial score (nSPS) is 12.9. The fourth-order valence-electron chi connectivity index (χ4n) is 2.03. The molecular formula is C15H27NO2. The molecule has 3 heteroatoms. The van der Waals surface area contributed by atoms with Gasteiger partial charge in [-0.2, -0.15) is 0 Å². The predicted octanol–water partition coefficient (Wildman–Crippen LogP) is 3.65. The Labute approximate surface area is 111 Å². The standard InChI is InChI=1S/C15H27NO2/c1-5-7-12(3)10-17-11-15-8-14(9-16-6-2)13(4)18-15/h8,12,16H,5-7,9-11H2,1-4H3. The van der Waals surface area contributed by atoms with Crippen LogP contribution in [0.3, 0.4) is 0 Å². The van der Waals surface area contributed by atoms with Gasteiger partial charge in [-0.25, -0.2) is 0 Å². The van der Waals surface area contributed by atoms with Crippen LogP contribution in [-0.4, -0.2) is 13.2 Å². The van der Waals surface area contributed by atoms with Crippen molar-refractivity contribution in [2.45, 2.75) is 53.7 Å². The average molecular weight is 253 g/mol. The third-order valence-electron chi connectivity index (χ3n) is 3.07. The fraction of sp³-hybridized carbons (Fsp3) is 0.733. The van der Waals surface area contributed by atoms with Gasteiger partial charge in [0, 0.05) is 18.7 Å². The predicted molar refractivity (Wildman–Crippen MR) is 74.6 cm³/mol. The Morgan fingerprint density at radius 3 is 2.83 bits per heavy atom. The van der Waals surface area contributed by atoms with E-state index in [0.29, 0.717) is 12.5 Å². The van der Waals surface area contributed by atoms with Crippen LogP contribution in [0.5, 0.6) is 0 Å². The van der Waals surface area contributed by atoms with Crippen molar-refractivity contribution in [1.82, 2.24) is 5.32 Å². The first kappa shape index (κ1) is 15.3. The molecule has 1 rings (SSSR count). The number of hydrogen-bond donors (Lipinski definition) is 1. The first-order valence-electron chi connectivity index (χ1n) is 7.04. The van der Waals surface area contributed by atoms with Crippen LogP contribution in [-0.2, 0) is 17.9 Å². The van der Waals surface area contributed by atoms with E-state index in [1.807, 2.05) is 6.92 Å². The third-order valence-corrected chi connectivity index (χ3v) is 3.07. The number of nitrogens with one attached hydrogen (secondary N) is 1. The Hall–Kier alpha value is -0.800. The highest BCUT2D eigenvalue weighted by molar-refractivity contribution is 5.20. The molecule has 0 aromatic carbocycles. The minimum Gasteiger partial charge on any atom is -0.464 e. The maximum atomic E-state index is 5.69. The van der Waals surface area contributed by atoms with Crippen molar-refractivity contribution in [1.29, 1.82) is 0 Å². The minimum atomic E-state index is 0.584. The SMILES string of the molecule is CCCC(C)COCc1cc(CNCC)c(C)o1. The maximum Gasteiger partial charge on any atom is 0.130 e. The van der Waals surface area contributed by atoms with Crippen LogP contribution in [0.15, 0.2) is 10.5 Å². The van der Waals surface area contributed by atoms with Crippen molar-refractivity contribution < 1.29 is 9.15 Å². The van der Waals surface area contributed by atoms with Crippen LogP contribution in [0.1, 0.15) is 50.7 Å². The van der Waals surface area contributed by atoms with Crippen LogP contribution >= 0.6 is 0 Å². The summed E-state index contributed by atoms with van der Waals surface area (Å²) >= 11 is 0. The van der Waals surface area contributed by atoms with Crippen LogP contribution in [0, 0.1) is 12.8 Å². The van der Waals surface area contributed by atoms with Gasteiger partial charge in [0.05, 0.1) is 0 Å². The molecule has 0 saturated heterocycles. The highest BCUT2D eigenvalue weighted by atomic mass is 16.5. The molecule has 3 nitrogen and oxygen atoms in total. The van der Waals surface area contributed by atoms with Crippen LogP contribution in [0.2, 0.25) is 0 Å². The fourth-order valence-corrected chi connectivity index (χ4v) is 2.03. The second-order valence-corrected chi connectivity index (χ2v) is 4.98. The van der Waals surface area contributed by atoms with Gasteiger partial charge < -0.3 is 14.5 Å². The van der Waals surface area contributed by atoms with Gasteiger partial charge in [-0.3, -0.25) is 0 Å². The van der Waals surface area contributed by atoms with Crippen molar-refractivity contribution >= 4 is 0 Å². The van der Waals surface area contributed by atoms with Gasteiger partial charge in [0.2, 0.25) is 0 Å². The summed E-state index contributed by atoms with van der Waals surface area (Å²) in [5.74, 6) is 2.56. The van der Waals surface area contributed by atoms with Gasteiger partial charge in [-0.05, 0) is 31.9 Å². The zero-order valence-electron chi connectivity index (χ0n) is 12.2.